The molecule has 0 aliphatic carbocycles. The van der Waals surface area contributed by atoms with E-state index in [4.69, 9.17) is 0 Å². The Labute approximate surface area is 122 Å². The van der Waals surface area contributed by atoms with Crippen molar-refractivity contribution in [3.8, 4) is 0 Å². The fourth-order valence-corrected chi connectivity index (χ4v) is 2.43. The van der Waals surface area contributed by atoms with Gasteiger partial charge in [-0.15, -0.1) is 11.8 Å². The molecule has 0 saturated heterocycles. The highest BCUT2D eigenvalue weighted by molar-refractivity contribution is 7.98. The van der Waals surface area contributed by atoms with E-state index in [0.717, 1.165) is 11.3 Å². The van der Waals surface area contributed by atoms with Crippen molar-refractivity contribution in [3.63, 3.8) is 0 Å². The predicted octanol–water partition coefficient (Wildman–Crippen LogP) is 3.97. The lowest BCUT2D eigenvalue weighted by Gasteiger charge is -2.08. The van der Waals surface area contributed by atoms with Gasteiger partial charge in [0.15, 0.2) is 0 Å². The number of para-hydroxylation sites is 1. The minimum atomic E-state index is -0.330. The van der Waals surface area contributed by atoms with Crippen LogP contribution in [0.5, 0.6) is 0 Å². The zero-order valence-electron chi connectivity index (χ0n) is 11.2. The van der Waals surface area contributed by atoms with Crippen LogP contribution in [0.4, 0.5) is 11.4 Å². The van der Waals surface area contributed by atoms with Crippen molar-refractivity contribution in [2.75, 3.05) is 18.1 Å². The first-order chi connectivity index (χ1) is 9.70. The monoisotopic (exact) mass is 288 g/mol. The van der Waals surface area contributed by atoms with Gasteiger partial charge in [-0.05, 0) is 30.9 Å². The molecular formula is C15H16N2O2S. The largest absolute Gasteiger partial charge is 0.385 e. The Morgan fingerprint density at radius 1 is 1.20 bits per heavy atom. The number of benzene rings is 2. The van der Waals surface area contributed by atoms with Crippen LogP contribution in [-0.2, 0) is 6.42 Å². The molecular weight excluding hydrogens is 272 g/mol. The van der Waals surface area contributed by atoms with Crippen molar-refractivity contribution >= 4 is 23.1 Å². The molecule has 2 rings (SSSR count). The number of hydrogen-bond donors (Lipinski definition) is 1. The topological polar surface area (TPSA) is 55.2 Å². The van der Waals surface area contributed by atoms with Crippen LogP contribution in [0.1, 0.15) is 5.56 Å². The van der Waals surface area contributed by atoms with Crippen LogP contribution in [0.3, 0.4) is 0 Å². The average Bonchev–Trinajstić information content (AvgIpc) is 2.48. The van der Waals surface area contributed by atoms with Crippen LogP contribution in [0.2, 0.25) is 0 Å². The van der Waals surface area contributed by atoms with Crippen LogP contribution < -0.4 is 5.32 Å². The van der Waals surface area contributed by atoms with Gasteiger partial charge in [-0.3, -0.25) is 10.1 Å². The Balaban J connectivity index is 1.97. The summed E-state index contributed by atoms with van der Waals surface area (Å²) in [5.41, 5.74) is 1.98. The maximum atomic E-state index is 10.9. The molecule has 0 radical (unpaired) electrons. The highest BCUT2D eigenvalue weighted by atomic mass is 32.2. The Morgan fingerprint density at radius 2 is 2.00 bits per heavy atom. The molecule has 2 aromatic rings. The van der Waals surface area contributed by atoms with Crippen molar-refractivity contribution in [2.24, 2.45) is 0 Å². The molecule has 20 heavy (non-hydrogen) atoms. The predicted molar refractivity (Wildman–Crippen MR) is 83.5 cm³/mol. The molecule has 0 aliphatic heterocycles. The van der Waals surface area contributed by atoms with E-state index in [-0.39, 0.29) is 10.6 Å². The molecule has 0 unspecified atom stereocenters. The summed E-state index contributed by atoms with van der Waals surface area (Å²) in [6.45, 7) is 0.669. The Kier molecular flexibility index (Phi) is 5.01. The Morgan fingerprint density at radius 3 is 2.75 bits per heavy atom. The van der Waals surface area contributed by atoms with Crippen molar-refractivity contribution in [2.45, 2.75) is 11.3 Å². The summed E-state index contributed by atoms with van der Waals surface area (Å²) in [6.07, 6.45) is 2.66. The fourth-order valence-electron chi connectivity index (χ4n) is 1.97. The van der Waals surface area contributed by atoms with Gasteiger partial charge in [0.1, 0.15) is 0 Å². The van der Waals surface area contributed by atoms with Crippen molar-refractivity contribution in [1.29, 1.82) is 0 Å². The molecule has 0 bridgehead atoms. The summed E-state index contributed by atoms with van der Waals surface area (Å²) in [5.74, 6) is 0. The molecule has 104 valence electrons. The Bertz CT molecular complexity index is 602. The Hall–Kier alpha value is -2.01. The SMILES string of the molecule is CSc1cccc(NCCc2ccccc2[N+](=O)[O-])c1. The zero-order valence-corrected chi connectivity index (χ0v) is 12.0. The summed E-state index contributed by atoms with van der Waals surface area (Å²) in [4.78, 5) is 11.8. The van der Waals surface area contributed by atoms with Crippen molar-refractivity contribution in [1.82, 2.24) is 0 Å². The van der Waals surface area contributed by atoms with Gasteiger partial charge in [0.25, 0.3) is 5.69 Å². The first kappa shape index (κ1) is 14.4. The van der Waals surface area contributed by atoms with E-state index >= 15 is 0 Å². The van der Waals surface area contributed by atoms with Crippen LogP contribution in [-0.4, -0.2) is 17.7 Å². The standard InChI is InChI=1S/C15H16N2O2S/c1-20-14-7-4-6-13(11-14)16-10-9-12-5-2-3-8-15(12)17(18)19/h2-8,11,16H,9-10H2,1H3. The van der Waals surface area contributed by atoms with Crippen molar-refractivity contribution < 1.29 is 4.92 Å². The number of hydrogen-bond acceptors (Lipinski definition) is 4. The summed E-state index contributed by atoms with van der Waals surface area (Å²) >= 11 is 1.69. The normalized spacial score (nSPS) is 10.2. The number of rotatable bonds is 6. The van der Waals surface area contributed by atoms with E-state index in [1.165, 1.54) is 4.90 Å². The number of nitrogens with one attached hydrogen (secondary N) is 1. The van der Waals surface area contributed by atoms with E-state index < -0.39 is 0 Å². The fraction of sp³-hybridized carbons (Fsp3) is 0.200. The molecule has 2 aromatic carbocycles. The number of nitrogens with zero attached hydrogens (tertiary/aromatic N) is 1. The summed E-state index contributed by atoms with van der Waals surface area (Å²) < 4.78 is 0. The second kappa shape index (κ2) is 6.96. The maximum absolute atomic E-state index is 10.9. The molecule has 0 amide bonds. The van der Waals surface area contributed by atoms with Gasteiger partial charge < -0.3 is 5.32 Å². The van der Waals surface area contributed by atoms with Gasteiger partial charge in [-0.2, -0.15) is 0 Å². The van der Waals surface area contributed by atoms with E-state index in [2.05, 4.69) is 17.4 Å². The van der Waals surface area contributed by atoms with Gasteiger partial charge in [0.2, 0.25) is 0 Å². The number of nitro groups is 1. The van der Waals surface area contributed by atoms with Gasteiger partial charge in [0.05, 0.1) is 4.92 Å². The first-order valence-electron chi connectivity index (χ1n) is 6.31. The number of thioether (sulfide) groups is 1. The second-order valence-electron chi connectivity index (χ2n) is 4.29. The van der Waals surface area contributed by atoms with Crippen molar-refractivity contribution in [3.05, 3.63) is 64.2 Å². The lowest BCUT2D eigenvalue weighted by molar-refractivity contribution is -0.385. The quantitative estimate of drug-likeness (QED) is 0.496. The third kappa shape index (κ3) is 3.74. The zero-order chi connectivity index (χ0) is 14.4. The third-order valence-electron chi connectivity index (χ3n) is 2.98. The van der Waals surface area contributed by atoms with Crippen LogP contribution in [0, 0.1) is 10.1 Å². The van der Waals surface area contributed by atoms with E-state index in [0.29, 0.717) is 13.0 Å². The maximum Gasteiger partial charge on any atom is 0.272 e. The molecule has 0 aromatic heterocycles. The average molecular weight is 288 g/mol. The molecule has 5 heteroatoms. The number of anilines is 1. The molecule has 0 atom stereocenters. The van der Waals surface area contributed by atoms with Gasteiger partial charge in [0, 0.05) is 28.8 Å². The molecule has 0 fully saturated rings. The van der Waals surface area contributed by atoms with Gasteiger partial charge in [-0.1, -0.05) is 24.3 Å². The third-order valence-corrected chi connectivity index (χ3v) is 3.71. The summed E-state index contributed by atoms with van der Waals surface area (Å²) in [5, 5.41) is 14.2. The first-order valence-corrected chi connectivity index (χ1v) is 7.53. The van der Waals surface area contributed by atoms with Crippen LogP contribution in [0.15, 0.2) is 53.4 Å². The van der Waals surface area contributed by atoms with Crippen LogP contribution in [0.25, 0.3) is 0 Å². The van der Waals surface area contributed by atoms with E-state index in [1.54, 1.807) is 30.0 Å². The molecule has 4 nitrogen and oxygen atoms in total. The minimum Gasteiger partial charge on any atom is -0.385 e. The molecule has 0 saturated carbocycles. The molecule has 0 heterocycles. The lowest BCUT2D eigenvalue weighted by Crippen LogP contribution is -2.06. The summed E-state index contributed by atoms with van der Waals surface area (Å²) in [6, 6.07) is 15.0. The minimum absolute atomic E-state index is 0.187. The molecule has 1 N–H and O–H groups in total. The van der Waals surface area contributed by atoms with E-state index in [1.807, 2.05) is 24.5 Å². The summed E-state index contributed by atoms with van der Waals surface area (Å²) in [7, 11) is 0. The molecule has 0 aliphatic rings. The lowest BCUT2D eigenvalue weighted by atomic mass is 10.1. The van der Waals surface area contributed by atoms with Gasteiger partial charge in [-0.25, -0.2) is 0 Å². The second-order valence-corrected chi connectivity index (χ2v) is 5.17. The van der Waals surface area contributed by atoms with E-state index in [9.17, 15) is 10.1 Å². The highest BCUT2D eigenvalue weighted by Crippen LogP contribution is 2.20. The number of nitro benzene ring substituents is 1. The molecule has 0 spiro atoms. The highest BCUT2D eigenvalue weighted by Gasteiger charge is 2.11. The van der Waals surface area contributed by atoms with Crippen LogP contribution >= 0.6 is 11.8 Å². The van der Waals surface area contributed by atoms with Gasteiger partial charge >= 0.3 is 0 Å². The smallest absolute Gasteiger partial charge is 0.272 e.